The van der Waals surface area contributed by atoms with Crippen molar-refractivity contribution in [3.8, 4) is 0 Å². The average molecular weight is 426 g/mol. The highest BCUT2D eigenvalue weighted by molar-refractivity contribution is 9.10. The number of carbonyl (C=O) groups is 1. The molecule has 1 aliphatic rings. The number of carbonyl (C=O) groups excluding carboxylic acids is 1. The zero-order valence-electron chi connectivity index (χ0n) is 12.8. The van der Waals surface area contributed by atoms with E-state index in [1.807, 2.05) is 17.0 Å². The molecule has 2 heterocycles. The van der Waals surface area contributed by atoms with E-state index in [2.05, 4.69) is 38.4 Å². The minimum atomic E-state index is -0.281. The van der Waals surface area contributed by atoms with Crippen LogP contribution < -0.4 is 5.32 Å². The first-order valence-corrected chi connectivity index (χ1v) is 9.51. The van der Waals surface area contributed by atoms with Gasteiger partial charge in [-0.05, 0) is 17.7 Å². The van der Waals surface area contributed by atoms with E-state index in [1.54, 1.807) is 6.20 Å². The highest BCUT2D eigenvalue weighted by Crippen LogP contribution is 2.22. The topological polar surface area (TPSA) is 54.5 Å². The first-order chi connectivity index (χ1) is 11.6. The molecule has 1 aliphatic heterocycles. The van der Waals surface area contributed by atoms with Gasteiger partial charge in [0.25, 0.3) is 5.91 Å². The Morgan fingerprint density at radius 1 is 1.33 bits per heavy atom. The predicted molar refractivity (Wildman–Crippen MR) is 103 cm³/mol. The largest absolute Gasteiger partial charge is 0.378 e. The highest BCUT2D eigenvalue weighted by atomic mass is 79.9. The van der Waals surface area contributed by atoms with Gasteiger partial charge < -0.3 is 9.64 Å². The molecule has 0 unspecified atom stereocenters. The van der Waals surface area contributed by atoms with Crippen LogP contribution in [0.1, 0.15) is 10.4 Å². The molecule has 0 atom stereocenters. The van der Waals surface area contributed by atoms with Crippen LogP contribution in [-0.4, -0.2) is 47.1 Å². The van der Waals surface area contributed by atoms with Crippen LogP contribution in [0.25, 0.3) is 0 Å². The van der Waals surface area contributed by atoms with E-state index in [1.165, 1.54) is 16.9 Å². The fraction of sp³-hybridized carbons (Fsp3) is 0.312. The Morgan fingerprint density at radius 3 is 2.75 bits per heavy atom. The number of benzene rings is 1. The summed E-state index contributed by atoms with van der Waals surface area (Å²) in [4.78, 5) is 19.8. The molecule has 1 amide bonds. The third-order valence-electron chi connectivity index (χ3n) is 3.56. The van der Waals surface area contributed by atoms with Crippen molar-refractivity contribution in [2.24, 2.45) is 0 Å². The van der Waals surface area contributed by atoms with Crippen molar-refractivity contribution in [2.75, 3.05) is 31.6 Å². The number of thiocarbonyl (C=S) groups is 1. The molecule has 0 saturated carbocycles. The van der Waals surface area contributed by atoms with Crippen LogP contribution in [0, 0.1) is 0 Å². The number of halogens is 1. The summed E-state index contributed by atoms with van der Waals surface area (Å²) >= 11 is 10.1. The molecule has 1 aromatic heterocycles. The van der Waals surface area contributed by atoms with Gasteiger partial charge in [-0.2, -0.15) is 0 Å². The summed E-state index contributed by atoms with van der Waals surface area (Å²) in [6, 6.07) is 8.16. The molecule has 5 nitrogen and oxygen atoms in total. The zero-order valence-corrected chi connectivity index (χ0v) is 16.0. The second kappa shape index (κ2) is 8.15. The van der Waals surface area contributed by atoms with Crippen molar-refractivity contribution < 1.29 is 9.53 Å². The standard InChI is InChI=1S/C16H16BrN3O2S2/c17-12-3-1-11(2-4-12)9-13-10-18-16(24-13)19-14(21)15(23)20-5-7-22-8-6-20/h1-4,10H,5-9H2,(H,18,19,21). The van der Waals surface area contributed by atoms with Gasteiger partial charge in [0.2, 0.25) is 0 Å². The Bertz CT molecular complexity index is 727. The third-order valence-corrected chi connectivity index (χ3v) is 5.44. The minimum Gasteiger partial charge on any atom is -0.378 e. The summed E-state index contributed by atoms with van der Waals surface area (Å²) in [5, 5.41) is 3.36. The van der Waals surface area contributed by atoms with E-state index < -0.39 is 0 Å². The lowest BCUT2D eigenvalue weighted by molar-refractivity contribution is -0.111. The number of hydrogen-bond acceptors (Lipinski definition) is 5. The van der Waals surface area contributed by atoms with Gasteiger partial charge in [0, 0.05) is 35.1 Å². The van der Waals surface area contributed by atoms with E-state index in [4.69, 9.17) is 17.0 Å². The molecule has 8 heteroatoms. The molecule has 1 N–H and O–H groups in total. The van der Waals surface area contributed by atoms with Crippen LogP contribution >= 0.6 is 39.5 Å². The van der Waals surface area contributed by atoms with Crippen LogP contribution in [0.4, 0.5) is 5.13 Å². The van der Waals surface area contributed by atoms with Crippen molar-refractivity contribution in [1.29, 1.82) is 0 Å². The lowest BCUT2D eigenvalue weighted by Crippen LogP contribution is -2.44. The SMILES string of the molecule is O=C(Nc1ncc(Cc2ccc(Br)cc2)s1)C(=S)N1CCOCC1. The molecule has 3 rings (SSSR count). The lowest BCUT2D eigenvalue weighted by Gasteiger charge is -2.28. The Balaban J connectivity index is 1.58. The van der Waals surface area contributed by atoms with Crippen LogP contribution in [0.5, 0.6) is 0 Å². The van der Waals surface area contributed by atoms with Gasteiger partial charge in [-0.25, -0.2) is 4.98 Å². The molecule has 1 saturated heterocycles. The summed E-state index contributed by atoms with van der Waals surface area (Å²) in [6.45, 7) is 2.50. The third kappa shape index (κ3) is 4.60. The number of amides is 1. The summed E-state index contributed by atoms with van der Waals surface area (Å²) in [6.07, 6.45) is 2.58. The van der Waals surface area contributed by atoms with Gasteiger partial charge in [0.15, 0.2) is 10.1 Å². The normalized spacial score (nSPS) is 14.5. The second-order valence-corrected chi connectivity index (χ2v) is 7.71. The Morgan fingerprint density at radius 2 is 2.04 bits per heavy atom. The average Bonchev–Trinajstić information content (AvgIpc) is 3.04. The van der Waals surface area contributed by atoms with Gasteiger partial charge in [-0.15, -0.1) is 11.3 Å². The summed E-state index contributed by atoms with van der Waals surface area (Å²) in [5.41, 5.74) is 1.20. The summed E-state index contributed by atoms with van der Waals surface area (Å²) < 4.78 is 6.32. The fourth-order valence-corrected chi connectivity index (χ4v) is 3.65. The van der Waals surface area contributed by atoms with Gasteiger partial charge in [0.05, 0.1) is 13.2 Å². The number of morpholine rings is 1. The maximum Gasteiger partial charge on any atom is 0.285 e. The molecular weight excluding hydrogens is 410 g/mol. The summed E-state index contributed by atoms with van der Waals surface area (Å²) in [5.74, 6) is -0.281. The van der Waals surface area contributed by atoms with Crippen molar-refractivity contribution >= 4 is 55.5 Å². The highest BCUT2D eigenvalue weighted by Gasteiger charge is 2.20. The van der Waals surface area contributed by atoms with E-state index in [9.17, 15) is 4.79 Å². The molecule has 1 aromatic carbocycles. The Labute approximate surface area is 158 Å². The maximum atomic E-state index is 12.2. The lowest BCUT2D eigenvalue weighted by atomic mass is 10.1. The van der Waals surface area contributed by atoms with Crippen LogP contribution in [-0.2, 0) is 16.0 Å². The quantitative estimate of drug-likeness (QED) is 0.765. The number of hydrogen-bond donors (Lipinski definition) is 1. The number of nitrogens with one attached hydrogen (secondary N) is 1. The number of nitrogens with zero attached hydrogens (tertiary/aromatic N) is 2. The number of aromatic nitrogens is 1. The maximum absolute atomic E-state index is 12.2. The molecule has 1 fully saturated rings. The van der Waals surface area contributed by atoms with Crippen LogP contribution in [0.15, 0.2) is 34.9 Å². The molecule has 126 valence electrons. The number of thiazole rings is 1. The summed E-state index contributed by atoms with van der Waals surface area (Å²) in [7, 11) is 0. The van der Waals surface area contributed by atoms with Crippen molar-refractivity contribution in [2.45, 2.75) is 6.42 Å². The molecule has 0 spiro atoms. The van der Waals surface area contributed by atoms with Crippen molar-refractivity contribution in [3.05, 3.63) is 45.4 Å². The number of ether oxygens (including phenoxy) is 1. The van der Waals surface area contributed by atoms with Gasteiger partial charge in [0.1, 0.15) is 0 Å². The van der Waals surface area contributed by atoms with E-state index in [0.717, 1.165) is 15.8 Å². The van der Waals surface area contributed by atoms with Gasteiger partial charge in [-0.3, -0.25) is 10.1 Å². The molecule has 0 aliphatic carbocycles. The van der Waals surface area contributed by atoms with E-state index >= 15 is 0 Å². The van der Waals surface area contributed by atoms with E-state index in [0.29, 0.717) is 36.4 Å². The molecule has 0 radical (unpaired) electrons. The minimum absolute atomic E-state index is 0.281. The molecule has 0 bridgehead atoms. The predicted octanol–water partition coefficient (Wildman–Crippen LogP) is 3.09. The van der Waals surface area contributed by atoms with Crippen LogP contribution in [0.3, 0.4) is 0 Å². The van der Waals surface area contributed by atoms with Crippen LogP contribution in [0.2, 0.25) is 0 Å². The number of anilines is 1. The Kier molecular flexibility index (Phi) is 5.94. The van der Waals surface area contributed by atoms with Crippen molar-refractivity contribution in [1.82, 2.24) is 9.88 Å². The first-order valence-electron chi connectivity index (χ1n) is 7.49. The zero-order chi connectivity index (χ0) is 16.9. The molecule has 2 aromatic rings. The second-order valence-electron chi connectivity index (χ2n) is 5.29. The van der Waals surface area contributed by atoms with Crippen molar-refractivity contribution in [3.63, 3.8) is 0 Å². The first kappa shape index (κ1) is 17.5. The monoisotopic (exact) mass is 425 g/mol. The fourth-order valence-electron chi connectivity index (χ4n) is 2.31. The molecule has 24 heavy (non-hydrogen) atoms. The van der Waals surface area contributed by atoms with Gasteiger partial charge >= 0.3 is 0 Å². The Hall–Kier alpha value is -1.35. The van der Waals surface area contributed by atoms with E-state index in [-0.39, 0.29) is 5.91 Å². The molecular formula is C16H16BrN3O2S2. The van der Waals surface area contributed by atoms with Gasteiger partial charge in [-0.1, -0.05) is 40.3 Å². The number of rotatable bonds is 3. The smallest absolute Gasteiger partial charge is 0.285 e.